The maximum absolute atomic E-state index is 4.19. The smallest absolute Gasteiger partial charge is 0.0851 e. The molecule has 0 unspecified atom stereocenters. The molecule has 0 radical (unpaired) electrons. The van der Waals surface area contributed by atoms with E-state index in [9.17, 15) is 0 Å². The average molecular weight is 182 g/mol. The third-order valence-corrected chi connectivity index (χ3v) is 2.49. The molecule has 0 saturated carbocycles. The molecule has 1 aliphatic rings. The maximum Gasteiger partial charge on any atom is 0.0851 e. The molecule has 1 aliphatic heterocycles. The van der Waals surface area contributed by atoms with E-state index in [0.717, 1.165) is 19.0 Å². The minimum atomic E-state index is 0.869. The van der Waals surface area contributed by atoms with Gasteiger partial charge in [-0.25, -0.2) is 0 Å². The number of unbranched alkanes of at least 4 members (excludes halogenated alkanes) is 2. The topological polar surface area (TPSA) is 15.6 Å². The Morgan fingerprint density at radius 2 is 2.15 bits per heavy atom. The van der Waals surface area contributed by atoms with Gasteiger partial charge in [-0.2, -0.15) is 0 Å². The number of nitrogens with zero attached hydrogens (tertiary/aromatic N) is 2. The average Bonchev–Trinajstić information content (AvgIpc) is 2.55. The van der Waals surface area contributed by atoms with Crippen LogP contribution in [0, 0.1) is 5.92 Å². The predicted molar refractivity (Wildman–Crippen MR) is 58.2 cm³/mol. The van der Waals surface area contributed by atoms with Crippen LogP contribution in [0.25, 0.3) is 0 Å². The summed E-state index contributed by atoms with van der Waals surface area (Å²) < 4.78 is 0. The Bertz CT molecular complexity index is 152. The highest BCUT2D eigenvalue weighted by atomic mass is 15.2. The molecule has 1 rings (SSSR count). The van der Waals surface area contributed by atoms with Crippen LogP contribution in [-0.2, 0) is 0 Å². The first kappa shape index (κ1) is 10.6. The van der Waals surface area contributed by atoms with Gasteiger partial charge in [-0.3, -0.25) is 4.99 Å². The molecule has 0 aromatic carbocycles. The van der Waals surface area contributed by atoms with Crippen molar-refractivity contribution in [2.45, 2.75) is 39.5 Å². The van der Waals surface area contributed by atoms with Crippen LogP contribution < -0.4 is 0 Å². The highest BCUT2D eigenvalue weighted by Gasteiger charge is 2.03. The predicted octanol–water partition coefficient (Wildman–Crippen LogP) is 2.55. The van der Waals surface area contributed by atoms with Crippen LogP contribution in [0.15, 0.2) is 4.99 Å². The van der Waals surface area contributed by atoms with Crippen molar-refractivity contribution in [3.8, 4) is 0 Å². The van der Waals surface area contributed by atoms with E-state index in [4.69, 9.17) is 0 Å². The molecule has 0 aliphatic carbocycles. The van der Waals surface area contributed by atoms with E-state index in [1.807, 2.05) is 6.34 Å². The van der Waals surface area contributed by atoms with Gasteiger partial charge in [0.1, 0.15) is 0 Å². The molecular weight excluding hydrogens is 160 g/mol. The molecule has 76 valence electrons. The fraction of sp³-hybridized carbons (Fsp3) is 0.909. The summed E-state index contributed by atoms with van der Waals surface area (Å²) in [6.45, 7) is 7.96. The fourth-order valence-corrected chi connectivity index (χ4v) is 1.63. The van der Waals surface area contributed by atoms with Gasteiger partial charge >= 0.3 is 0 Å². The first-order valence-electron chi connectivity index (χ1n) is 5.53. The molecule has 13 heavy (non-hydrogen) atoms. The molecule has 0 aromatic heterocycles. The molecule has 0 bridgehead atoms. The lowest BCUT2D eigenvalue weighted by Crippen LogP contribution is -2.20. The molecule has 0 saturated heterocycles. The summed E-state index contributed by atoms with van der Waals surface area (Å²) in [5, 5.41) is 0. The van der Waals surface area contributed by atoms with Gasteiger partial charge in [0.25, 0.3) is 0 Å². The molecule has 0 spiro atoms. The summed E-state index contributed by atoms with van der Waals surface area (Å²) >= 11 is 0. The summed E-state index contributed by atoms with van der Waals surface area (Å²) in [6.07, 6.45) is 7.49. The summed E-state index contributed by atoms with van der Waals surface area (Å²) in [5.41, 5.74) is 0. The molecule has 0 amide bonds. The van der Waals surface area contributed by atoms with E-state index in [0.29, 0.717) is 0 Å². The van der Waals surface area contributed by atoms with E-state index in [1.165, 1.54) is 32.2 Å². The van der Waals surface area contributed by atoms with Gasteiger partial charge in [-0.15, -0.1) is 0 Å². The molecule has 2 heteroatoms. The Morgan fingerprint density at radius 1 is 1.31 bits per heavy atom. The van der Waals surface area contributed by atoms with Crippen LogP contribution in [0.3, 0.4) is 0 Å². The lowest BCUT2D eigenvalue weighted by molar-refractivity contribution is 0.432. The van der Waals surface area contributed by atoms with Crippen molar-refractivity contribution in [2.75, 3.05) is 19.6 Å². The van der Waals surface area contributed by atoms with E-state index in [2.05, 4.69) is 23.7 Å². The van der Waals surface area contributed by atoms with E-state index in [-0.39, 0.29) is 0 Å². The number of rotatable bonds is 6. The monoisotopic (exact) mass is 182 g/mol. The van der Waals surface area contributed by atoms with Crippen LogP contribution in [0.5, 0.6) is 0 Å². The van der Waals surface area contributed by atoms with Crippen LogP contribution in [0.2, 0.25) is 0 Å². The van der Waals surface area contributed by atoms with Crippen molar-refractivity contribution in [3.63, 3.8) is 0 Å². The van der Waals surface area contributed by atoms with Gasteiger partial charge < -0.3 is 4.90 Å². The lowest BCUT2D eigenvalue weighted by Gasteiger charge is -2.13. The van der Waals surface area contributed by atoms with E-state index >= 15 is 0 Å². The third-order valence-electron chi connectivity index (χ3n) is 2.49. The Hall–Kier alpha value is -0.530. The standard InChI is InChI=1S/C11H22N2/c1-11(2)6-4-3-5-8-13-9-7-12-10-13/h10-11H,3-9H2,1-2H3. The summed E-state index contributed by atoms with van der Waals surface area (Å²) in [6, 6.07) is 0. The normalized spacial score (nSPS) is 16.1. The number of hydrogen-bond donors (Lipinski definition) is 0. The minimum absolute atomic E-state index is 0.869. The van der Waals surface area contributed by atoms with Crippen molar-refractivity contribution in [3.05, 3.63) is 0 Å². The molecule has 0 atom stereocenters. The molecule has 0 fully saturated rings. The Labute approximate surface area is 82.0 Å². The van der Waals surface area contributed by atoms with Gasteiger partial charge in [0.2, 0.25) is 0 Å². The highest BCUT2D eigenvalue weighted by molar-refractivity contribution is 5.56. The molecule has 1 heterocycles. The zero-order chi connectivity index (χ0) is 9.52. The summed E-state index contributed by atoms with van der Waals surface area (Å²) in [5.74, 6) is 0.869. The van der Waals surface area contributed by atoms with Crippen LogP contribution in [0.4, 0.5) is 0 Å². The maximum atomic E-state index is 4.19. The van der Waals surface area contributed by atoms with Crippen LogP contribution >= 0.6 is 0 Å². The first-order chi connectivity index (χ1) is 6.29. The van der Waals surface area contributed by atoms with Gasteiger partial charge in [0, 0.05) is 13.1 Å². The molecule has 0 N–H and O–H groups in total. The molecule has 2 nitrogen and oxygen atoms in total. The highest BCUT2D eigenvalue weighted by Crippen LogP contribution is 2.08. The van der Waals surface area contributed by atoms with Crippen LogP contribution in [0.1, 0.15) is 39.5 Å². The Morgan fingerprint density at radius 3 is 2.77 bits per heavy atom. The molecule has 0 aromatic rings. The van der Waals surface area contributed by atoms with Crippen molar-refractivity contribution < 1.29 is 0 Å². The van der Waals surface area contributed by atoms with Gasteiger partial charge in [0.05, 0.1) is 12.9 Å². The summed E-state index contributed by atoms with van der Waals surface area (Å²) in [7, 11) is 0. The van der Waals surface area contributed by atoms with Crippen molar-refractivity contribution in [1.82, 2.24) is 4.90 Å². The number of hydrogen-bond acceptors (Lipinski definition) is 2. The first-order valence-corrected chi connectivity index (χ1v) is 5.53. The minimum Gasteiger partial charge on any atom is -0.361 e. The van der Waals surface area contributed by atoms with Gasteiger partial charge in [-0.05, 0) is 12.3 Å². The second-order valence-electron chi connectivity index (χ2n) is 4.30. The quantitative estimate of drug-likeness (QED) is 0.576. The van der Waals surface area contributed by atoms with Crippen LogP contribution in [-0.4, -0.2) is 30.9 Å². The SMILES string of the molecule is CC(C)CCCCCN1C=NCC1. The lowest BCUT2D eigenvalue weighted by atomic mass is 10.1. The third kappa shape index (κ3) is 4.91. The Balaban J connectivity index is 1.86. The molecular formula is C11H22N2. The van der Waals surface area contributed by atoms with Crippen molar-refractivity contribution in [1.29, 1.82) is 0 Å². The second-order valence-corrected chi connectivity index (χ2v) is 4.30. The largest absolute Gasteiger partial charge is 0.361 e. The van der Waals surface area contributed by atoms with Gasteiger partial charge in [-0.1, -0.05) is 33.1 Å². The number of aliphatic imine (C=N–C) groups is 1. The van der Waals surface area contributed by atoms with Crippen molar-refractivity contribution in [2.24, 2.45) is 10.9 Å². The fourth-order valence-electron chi connectivity index (χ4n) is 1.63. The zero-order valence-electron chi connectivity index (χ0n) is 9.00. The van der Waals surface area contributed by atoms with E-state index in [1.54, 1.807) is 0 Å². The second kappa shape index (κ2) is 6.01. The van der Waals surface area contributed by atoms with Gasteiger partial charge in [0.15, 0.2) is 0 Å². The zero-order valence-corrected chi connectivity index (χ0v) is 9.00. The van der Waals surface area contributed by atoms with Crippen molar-refractivity contribution >= 4 is 6.34 Å². The summed E-state index contributed by atoms with van der Waals surface area (Å²) in [4.78, 5) is 6.52. The Kier molecular flexibility index (Phi) is 4.87. The van der Waals surface area contributed by atoms with E-state index < -0.39 is 0 Å².